The van der Waals surface area contributed by atoms with E-state index in [-0.39, 0.29) is 16.3 Å². The number of anilines is 1. The monoisotopic (exact) mass is 552 g/mol. The first-order valence-corrected chi connectivity index (χ1v) is 14.4. The number of quaternary nitrogens is 1. The molecule has 0 radical (unpaired) electrons. The highest BCUT2D eigenvalue weighted by Gasteiger charge is 2.49. The third-order valence-electron chi connectivity index (χ3n) is 7.33. The number of carbonyl (C=O) groups is 2. The zero-order valence-electron chi connectivity index (χ0n) is 21.2. The van der Waals surface area contributed by atoms with Gasteiger partial charge < -0.3 is 10.6 Å². The summed E-state index contributed by atoms with van der Waals surface area (Å²) in [5.74, 6) is 1.46. The average Bonchev–Trinajstić information content (AvgIpc) is 3.14. The molecule has 3 aromatic carbocycles. The zero-order chi connectivity index (χ0) is 26.8. The largest absolute Gasteiger partial charge is 0.363 e. The van der Waals surface area contributed by atoms with Crippen LogP contribution in [0.5, 0.6) is 0 Å². The van der Waals surface area contributed by atoms with Crippen LogP contribution in [-0.4, -0.2) is 34.3 Å². The smallest absolute Gasteiger partial charge is 0.355 e. The van der Waals surface area contributed by atoms with Gasteiger partial charge in [0.2, 0.25) is 0 Å². The number of hydrogen-bond donors (Lipinski definition) is 2. The Morgan fingerprint density at radius 2 is 1.67 bits per heavy atom. The fourth-order valence-electron chi connectivity index (χ4n) is 5.41. The van der Waals surface area contributed by atoms with Gasteiger partial charge in [0.05, 0.1) is 17.5 Å². The van der Waals surface area contributed by atoms with Gasteiger partial charge in [-0.15, -0.1) is 11.8 Å². The summed E-state index contributed by atoms with van der Waals surface area (Å²) in [4.78, 5) is 27.5. The Morgan fingerprint density at radius 1 is 0.897 bits per heavy atom. The van der Waals surface area contributed by atoms with Crippen LogP contribution in [0.1, 0.15) is 27.1 Å². The van der Waals surface area contributed by atoms with Gasteiger partial charge in [-0.3, -0.25) is 4.79 Å². The van der Waals surface area contributed by atoms with Crippen molar-refractivity contribution >= 4 is 40.9 Å². The molecule has 1 unspecified atom stereocenters. The predicted molar refractivity (Wildman–Crippen MR) is 159 cm³/mol. The number of fused-ring (bicyclic) bond motifs is 3. The number of amides is 2. The highest BCUT2D eigenvalue weighted by atomic mass is 35.5. The Kier molecular flexibility index (Phi) is 7.00. The van der Waals surface area contributed by atoms with Gasteiger partial charge in [-0.1, -0.05) is 60.1 Å². The van der Waals surface area contributed by atoms with Crippen LogP contribution in [0.3, 0.4) is 0 Å². The van der Waals surface area contributed by atoms with Crippen molar-refractivity contribution in [1.29, 1.82) is 0 Å². The first-order chi connectivity index (χ1) is 19.1. The molecule has 3 aromatic rings. The van der Waals surface area contributed by atoms with E-state index >= 15 is 0 Å². The zero-order valence-corrected chi connectivity index (χ0v) is 22.8. The number of benzene rings is 3. The lowest BCUT2D eigenvalue weighted by molar-refractivity contribution is -0.766. The molecule has 2 aliphatic heterocycles. The molecule has 2 heterocycles. The molecule has 1 atom stereocenters. The summed E-state index contributed by atoms with van der Waals surface area (Å²) in [6.07, 6.45) is 8.40. The molecule has 5 nitrogen and oxygen atoms in total. The maximum atomic E-state index is 14.3. The molecular weight excluding hydrogens is 526 g/mol. The Balaban J connectivity index is 1.29. The van der Waals surface area contributed by atoms with Gasteiger partial charge in [0.15, 0.2) is 5.70 Å². The number of allylic oxidation sites excluding steroid dienone is 4. The van der Waals surface area contributed by atoms with Gasteiger partial charge in [-0.25, -0.2) is 4.79 Å². The van der Waals surface area contributed by atoms with Crippen LogP contribution in [0, 0.1) is 0 Å². The lowest BCUT2D eigenvalue weighted by atomic mass is 9.98. The van der Waals surface area contributed by atoms with Crippen molar-refractivity contribution in [2.45, 2.75) is 6.42 Å². The maximum Gasteiger partial charge on any atom is 0.355 e. The Labute approximate surface area is 237 Å². The fraction of sp³-hybridized carbons (Fsp3) is 0.125. The molecular formula is C32H27ClN3O2S+. The van der Waals surface area contributed by atoms with E-state index in [4.69, 9.17) is 11.6 Å². The molecule has 7 heteroatoms. The van der Waals surface area contributed by atoms with Gasteiger partial charge in [0.25, 0.3) is 5.91 Å². The first kappa shape index (κ1) is 25.4. The summed E-state index contributed by atoms with van der Waals surface area (Å²) in [5.41, 5.74) is 6.69. The summed E-state index contributed by atoms with van der Waals surface area (Å²) in [6, 6.07) is 24.6. The SMILES string of the molecule is O=C(Nc1ccc(C(=O)[N+]23CCSCC2=CNC=C2CC(Cl)=CC=C23)cc1)c1ccccc1-c1ccccc1. The van der Waals surface area contributed by atoms with E-state index in [9.17, 15) is 9.59 Å². The van der Waals surface area contributed by atoms with Crippen LogP contribution < -0.4 is 10.6 Å². The van der Waals surface area contributed by atoms with Gasteiger partial charge >= 0.3 is 5.91 Å². The van der Waals surface area contributed by atoms with Crippen molar-refractivity contribution in [2.75, 3.05) is 23.4 Å². The van der Waals surface area contributed by atoms with E-state index in [1.165, 1.54) is 0 Å². The number of nitrogens with one attached hydrogen (secondary N) is 2. The van der Waals surface area contributed by atoms with E-state index in [0.29, 0.717) is 29.8 Å². The maximum absolute atomic E-state index is 14.3. The summed E-state index contributed by atoms with van der Waals surface area (Å²) in [5, 5.41) is 7.04. The molecule has 0 spiro atoms. The second kappa shape index (κ2) is 10.7. The topological polar surface area (TPSA) is 58.2 Å². The van der Waals surface area contributed by atoms with Crippen LogP contribution >= 0.6 is 23.4 Å². The molecule has 0 saturated carbocycles. The number of hydrogen-bond acceptors (Lipinski definition) is 4. The standard InChI is InChI=1S/C32H26ClN3O2S/c33-25-12-15-30-24(18-25)19-34-20-27-21-39-17-16-36(27,30)32(38)23-10-13-26(14-11-23)35-31(37)29-9-5-4-8-28(29)22-6-2-1-3-7-22/h1-15,19-20,34H,16-18,21H2/p+1. The lowest BCUT2D eigenvalue weighted by Gasteiger charge is -2.41. The first-order valence-electron chi connectivity index (χ1n) is 12.8. The Hall–Kier alpha value is -3.84. The molecule has 3 aliphatic rings. The number of rotatable bonds is 4. The van der Waals surface area contributed by atoms with Gasteiger partial charge in [-0.2, -0.15) is 4.48 Å². The molecule has 1 aliphatic carbocycles. The molecule has 2 amide bonds. The van der Waals surface area contributed by atoms with Gasteiger partial charge in [0.1, 0.15) is 12.2 Å². The van der Waals surface area contributed by atoms with E-state index < -0.39 is 0 Å². The summed E-state index contributed by atoms with van der Waals surface area (Å²) in [6.45, 7) is 0.667. The average molecular weight is 553 g/mol. The van der Waals surface area contributed by atoms with Crippen molar-refractivity contribution in [3.05, 3.63) is 137 Å². The quantitative estimate of drug-likeness (QED) is 0.341. The third kappa shape index (κ3) is 4.76. The van der Waals surface area contributed by atoms with Crippen LogP contribution in [0.2, 0.25) is 0 Å². The van der Waals surface area contributed by atoms with Crippen molar-refractivity contribution in [1.82, 2.24) is 5.32 Å². The summed E-state index contributed by atoms with van der Waals surface area (Å²) in [7, 11) is 0. The minimum absolute atomic E-state index is 0.0149. The van der Waals surface area contributed by atoms with E-state index in [0.717, 1.165) is 44.6 Å². The Morgan fingerprint density at radius 3 is 2.49 bits per heavy atom. The number of carbonyl (C=O) groups excluding carboxylic acids is 2. The van der Waals surface area contributed by atoms with Gasteiger partial charge in [0, 0.05) is 46.3 Å². The summed E-state index contributed by atoms with van der Waals surface area (Å²) >= 11 is 8.19. The normalized spacial score (nSPS) is 20.0. The molecule has 39 heavy (non-hydrogen) atoms. The second-order valence-corrected chi connectivity index (χ2v) is 11.2. The van der Waals surface area contributed by atoms with Crippen LogP contribution in [0.4, 0.5) is 5.69 Å². The molecule has 0 bridgehead atoms. The fourth-order valence-corrected chi connectivity index (χ4v) is 6.68. The van der Waals surface area contributed by atoms with E-state index in [1.54, 1.807) is 24.3 Å². The van der Waals surface area contributed by atoms with Crippen LogP contribution in [0.15, 0.2) is 125 Å². The molecule has 0 aromatic heterocycles. The summed E-state index contributed by atoms with van der Waals surface area (Å²) < 4.78 is 0.155. The number of thioether (sulfide) groups is 1. The van der Waals surface area contributed by atoms with Crippen LogP contribution in [-0.2, 0) is 0 Å². The molecule has 1 fully saturated rings. The van der Waals surface area contributed by atoms with Crippen molar-refractivity contribution in [3.8, 4) is 11.1 Å². The lowest BCUT2D eigenvalue weighted by Crippen LogP contribution is -2.55. The van der Waals surface area contributed by atoms with Crippen LogP contribution in [0.25, 0.3) is 11.1 Å². The van der Waals surface area contributed by atoms with Crippen molar-refractivity contribution < 1.29 is 14.1 Å². The predicted octanol–water partition coefficient (Wildman–Crippen LogP) is 7.05. The number of nitrogens with zero attached hydrogens (tertiary/aromatic N) is 1. The van der Waals surface area contributed by atoms with Crippen molar-refractivity contribution in [2.24, 2.45) is 0 Å². The minimum atomic E-state index is -0.196. The number of halogens is 1. The third-order valence-corrected chi connectivity index (χ3v) is 8.56. The molecule has 194 valence electrons. The molecule has 2 N–H and O–H groups in total. The second-order valence-electron chi connectivity index (χ2n) is 9.65. The van der Waals surface area contributed by atoms with E-state index in [2.05, 4.69) is 10.6 Å². The Bertz CT molecular complexity index is 1570. The van der Waals surface area contributed by atoms with Gasteiger partial charge in [-0.05, 0) is 47.5 Å². The molecule has 1 saturated heterocycles. The van der Waals surface area contributed by atoms with E-state index in [1.807, 2.05) is 90.9 Å². The highest BCUT2D eigenvalue weighted by Crippen LogP contribution is 2.43. The van der Waals surface area contributed by atoms with Crippen molar-refractivity contribution in [3.63, 3.8) is 0 Å². The minimum Gasteiger partial charge on any atom is -0.363 e. The highest BCUT2D eigenvalue weighted by molar-refractivity contribution is 7.99. The molecule has 6 rings (SSSR count).